The molecule has 0 saturated heterocycles. The lowest BCUT2D eigenvalue weighted by molar-refractivity contribution is 0.0470. The highest BCUT2D eigenvalue weighted by Gasteiger charge is 2.15. The first-order valence-corrected chi connectivity index (χ1v) is 7.06. The number of fused-ring (bicyclic) bond motifs is 1. The Bertz CT molecular complexity index is 908. The van der Waals surface area contributed by atoms with Gasteiger partial charge in [0.15, 0.2) is 0 Å². The molecule has 0 atom stereocenters. The van der Waals surface area contributed by atoms with E-state index in [1.165, 1.54) is 0 Å². The highest BCUT2D eigenvalue weighted by molar-refractivity contribution is 6.01. The molecule has 0 spiro atoms. The van der Waals surface area contributed by atoms with Crippen molar-refractivity contribution in [1.82, 2.24) is 0 Å². The number of esters is 1. The number of ether oxygens (including phenoxy) is 1. The SMILES string of the molecule is N#Cc1ccc(COC(=O)c2ccc3ccccc3c2O)cc1. The summed E-state index contributed by atoms with van der Waals surface area (Å²) in [7, 11) is 0. The van der Waals surface area contributed by atoms with Crippen LogP contribution in [0.25, 0.3) is 10.8 Å². The molecule has 112 valence electrons. The summed E-state index contributed by atoms with van der Waals surface area (Å²) in [5.74, 6) is -0.662. The minimum absolute atomic E-state index is 0.0760. The van der Waals surface area contributed by atoms with Crippen LogP contribution in [0.5, 0.6) is 5.75 Å². The Morgan fingerprint density at radius 1 is 1.04 bits per heavy atom. The quantitative estimate of drug-likeness (QED) is 0.748. The highest BCUT2D eigenvalue weighted by Crippen LogP contribution is 2.29. The van der Waals surface area contributed by atoms with Crippen LogP contribution in [0.2, 0.25) is 0 Å². The van der Waals surface area contributed by atoms with E-state index in [-0.39, 0.29) is 17.9 Å². The van der Waals surface area contributed by atoms with Crippen molar-refractivity contribution in [2.24, 2.45) is 0 Å². The van der Waals surface area contributed by atoms with E-state index in [4.69, 9.17) is 10.00 Å². The molecule has 0 saturated carbocycles. The zero-order chi connectivity index (χ0) is 16.2. The second kappa shape index (κ2) is 6.20. The van der Waals surface area contributed by atoms with Crippen LogP contribution in [0.3, 0.4) is 0 Å². The molecular formula is C19H13NO3. The fraction of sp³-hybridized carbons (Fsp3) is 0.0526. The van der Waals surface area contributed by atoms with Crippen LogP contribution in [-0.4, -0.2) is 11.1 Å². The first-order valence-electron chi connectivity index (χ1n) is 7.06. The summed E-state index contributed by atoms with van der Waals surface area (Å²) < 4.78 is 5.24. The molecule has 0 radical (unpaired) electrons. The number of phenols is 1. The molecular weight excluding hydrogens is 290 g/mol. The van der Waals surface area contributed by atoms with Crippen molar-refractivity contribution in [3.8, 4) is 11.8 Å². The lowest BCUT2D eigenvalue weighted by Crippen LogP contribution is -2.05. The zero-order valence-electron chi connectivity index (χ0n) is 12.2. The average molecular weight is 303 g/mol. The first kappa shape index (κ1) is 14.6. The molecule has 0 bridgehead atoms. The van der Waals surface area contributed by atoms with Gasteiger partial charge in [0.1, 0.15) is 17.9 Å². The number of rotatable bonds is 3. The largest absolute Gasteiger partial charge is 0.506 e. The number of hydrogen-bond acceptors (Lipinski definition) is 4. The van der Waals surface area contributed by atoms with Crippen LogP contribution in [0.1, 0.15) is 21.5 Å². The molecule has 4 heteroatoms. The molecule has 0 aromatic heterocycles. The third kappa shape index (κ3) is 2.99. The van der Waals surface area contributed by atoms with Gasteiger partial charge < -0.3 is 9.84 Å². The van der Waals surface area contributed by atoms with E-state index < -0.39 is 5.97 Å². The van der Waals surface area contributed by atoms with Gasteiger partial charge in [0.2, 0.25) is 0 Å². The molecule has 3 aromatic rings. The topological polar surface area (TPSA) is 70.3 Å². The first-order chi connectivity index (χ1) is 11.2. The van der Waals surface area contributed by atoms with Crippen LogP contribution in [0, 0.1) is 11.3 Å². The zero-order valence-corrected chi connectivity index (χ0v) is 12.2. The molecule has 0 fully saturated rings. The van der Waals surface area contributed by atoms with Gasteiger partial charge in [-0.15, -0.1) is 0 Å². The third-order valence-corrected chi connectivity index (χ3v) is 3.57. The number of benzene rings is 3. The van der Waals surface area contributed by atoms with E-state index in [1.807, 2.05) is 18.2 Å². The van der Waals surface area contributed by atoms with Gasteiger partial charge in [-0.1, -0.05) is 42.5 Å². The normalized spacial score (nSPS) is 10.2. The molecule has 0 aliphatic rings. The van der Waals surface area contributed by atoms with Gasteiger partial charge in [-0.2, -0.15) is 5.26 Å². The van der Waals surface area contributed by atoms with E-state index in [9.17, 15) is 9.90 Å². The van der Waals surface area contributed by atoms with Crippen molar-refractivity contribution in [2.45, 2.75) is 6.61 Å². The van der Waals surface area contributed by atoms with Crippen molar-refractivity contribution in [1.29, 1.82) is 5.26 Å². The van der Waals surface area contributed by atoms with Gasteiger partial charge in [0.05, 0.1) is 11.6 Å². The Balaban J connectivity index is 1.78. The molecule has 0 aliphatic heterocycles. The Kier molecular flexibility index (Phi) is 3.94. The van der Waals surface area contributed by atoms with Gasteiger partial charge >= 0.3 is 5.97 Å². The van der Waals surface area contributed by atoms with Crippen molar-refractivity contribution >= 4 is 16.7 Å². The number of aromatic hydroxyl groups is 1. The van der Waals surface area contributed by atoms with Crippen LogP contribution in [-0.2, 0) is 11.3 Å². The molecule has 0 amide bonds. The van der Waals surface area contributed by atoms with E-state index in [0.29, 0.717) is 10.9 Å². The fourth-order valence-corrected chi connectivity index (χ4v) is 2.32. The van der Waals surface area contributed by atoms with Gasteiger partial charge in [0.25, 0.3) is 0 Å². The minimum atomic E-state index is -0.586. The summed E-state index contributed by atoms with van der Waals surface area (Å²) in [4.78, 5) is 12.2. The standard InChI is InChI=1S/C19H13NO3/c20-11-13-5-7-14(8-6-13)12-23-19(22)17-10-9-15-3-1-2-4-16(15)18(17)21/h1-10,21H,12H2. The molecule has 3 aromatic carbocycles. The third-order valence-electron chi connectivity index (χ3n) is 3.57. The summed E-state index contributed by atoms with van der Waals surface area (Å²) in [5, 5.41) is 20.5. The Morgan fingerprint density at radius 2 is 1.78 bits per heavy atom. The Labute approximate surface area is 133 Å². The number of nitriles is 1. The monoisotopic (exact) mass is 303 g/mol. The summed E-state index contributed by atoms with van der Waals surface area (Å²) in [6, 6.07) is 19.4. The van der Waals surface area contributed by atoms with Crippen molar-refractivity contribution in [3.05, 3.63) is 77.4 Å². The lowest BCUT2D eigenvalue weighted by atomic mass is 10.1. The van der Waals surface area contributed by atoms with Crippen LogP contribution in [0.4, 0.5) is 0 Å². The second-order valence-corrected chi connectivity index (χ2v) is 5.07. The molecule has 0 unspecified atom stereocenters. The van der Waals surface area contributed by atoms with E-state index in [1.54, 1.807) is 48.5 Å². The van der Waals surface area contributed by atoms with Crippen LogP contribution < -0.4 is 0 Å². The van der Waals surface area contributed by atoms with Gasteiger partial charge in [-0.05, 0) is 29.1 Å². The molecule has 1 N–H and O–H groups in total. The maximum atomic E-state index is 12.2. The Hall–Kier alpha value is -3.32. The van der Waals surface area contributed by atoms with Crippen LogP contribution in [0.15, 0.2) is 60.7 Å². The highest BCUT2D eigenvalue weighted by atomic mass is 16.5. The average Bonchev–Trinajstić information content (AvgIpc) is 2.60. The lowest BCUT2D eigenvalue weighted by Gasteiger charge is -2.08. The predicted octanol–water partition coefficient (Wildman–Crippen LogP) is 3.77. The summed E-state index contributed by atoms with van der Waals surface area (Å²) >= 11 is 0. The fourth-order valence-electron chi connectivity index (χ4n) is 2.32. The van der Waals surface area contributed by atoms with Crippen molar-refractivity contribution in [2.75, 3.05) is 0 Å². The molecule has 0 heterocycles. The molecule has 3 rings (SSSR count). The number of carbonyl (C=O) groups is 1. The summed E-state index contributed by atoms with van der Waals surface area (Å²) in [5.41, 5.74) is 1.46. The Morgan fingerprint density at radius 3 is 2.52 bits per heavy atom. The van der Waals surface area contributed by atoms with Gasteiger partial charge in [0, 0.05) is 5.39 Å². The smallest absolute Gasteiger partial charge is 0.342 e. The van der Waals surface area contributed by atoms with Crippen molar-refractivity contribution in [3.63, 3.8) is 0 Å². The molecule has 0 aliphatic carbocycles. The molecule has 23 heavy (non-hydrogen) atoms. The summed E-state index contributed by atoms with van der Waals surface area (Å²) in [6.07, 6.45) is 0. The van der Waals surface area contributed by atoms with Crippen molar-refractivity contribution < 1.29 is 14.6 Å². The van der Waals surface area contributed by atoms with Gasteiger partial charge in [-0.3, -0.25) is 0 Å². The molecule has 4 nitrogen and oxygen atoms in total. The second-order valence-electron chi connectivity index (χ2n) is 5.07. The minimum Gasteiger partial charge on any atom is -0.506 e. The van der Waals surface area contributed by atoms with E-state index >= 15 is 0 Å². The van der Waals surface area contributed by atoms with Crippen LogP contribution >= 0.6 is 0 Å². The number of hydrogen-bond donors (Lipinski definition) is 1. The number of nitrogens with zero attached hydrogens (tertiary/aromatic N) is 1. The number of carbonyl (C=O) groups excluding carboxylic acids is 1. The van der Waals surface area contributed by atoms with E-state index in [2.05, 4.69) is 0 Å². The van der Waals surface area contributed by atoms with Gasteiger partial charge in [-0.25, -0.2) is 4.79 Å². The maximum absolute atomic E-state index is 12.2. The van der Waals surface area contributed by atoms with E-state index in [0.717, 1.165) is 10.9 Å². The summed E-state index contributed by atoms with van der Waals surface area (Å²) in [6.45, 7) is 0.0802. The maximum Gasteiger partial charge on any atom is 0.342 e. The number of phenolic OH excluding ortho intramolecular Hbond substituents is 1. The predicted molar refractivity (Wildman–Crippen MR) is 85.9 cm³/mol.